The van der Waals surface area contributed by atoms with Gasteiger partial charge in [-0.05, 0) is 43.5 Å². The number of carbonyl (C=O) groups is 1. The lowest BCUT2D eigenvalue weighted by atomic mass is 10.1. The second kappa shape index (κ2) is 21.1. The van der Waals surface area contributed by atoms with Gasteiger partial charge in [-0.15, -0.1) is 8.58 Å². The van der Waals surface area contributed by atoms with Gasteiger partial charge in [-0.25, -0.2) is 0 Å². The smallest absolute Gasteiger partial charge is 0.122 e. The first kappa shape index (κ1) is 26.3. The van der Waals surface area contributed by atoms with Crippen molar-refractivity contribution in [3.05, 3.63) is 60.2 Å². The van der Waals surface area contributed by atoms with Crippen molar-refractivity contribution in [1.82, 2.24) is 0 Å². The van der Waals surface area contributed by atoms with Gasteiger partial charge in [-0.1, -0.05) is 43.3 Å². The van der Waals surface area contributed by atoms with Crippen molar-refractivity contribution in [2.45, 2.75) is 13.3 Å². The number of rotatable bonds is 6. The van der Waals surface area contributed by atoms with Crippen LogP contribution in [0.5, 0.6) is 11.5 Å². The quantitative estimate of drug-likeness (QED) is 0.538. The molecule has 0 aromatic heterocycles. The SMILES string of the molecule is C=O.CCc1ccccc1OCCOC.COc1ccccc1.CPC. The molecule has 0 saturated heterocycles. The molecule has 0 amide bonds. The molecule has 0 spiro atoms. The molecule has 146 valence electrons. The highest BCUT2D eigenvalue weighted by Crippen LogP contribution is 2.17. The first-order valence-corrected chi connectivity index (χ1v) is 10.4. The molecule has 0 unspecified atom stereocenters. The molecule has 0 heterocycles. The Bertz CT molecular complexity index is 520. The highest BCUT2D eigenvalue weighted by Gasteiger charge is 1.98. The van der Waals surface area contributed by atoms with E-state index in [0.29, 0.717) is 13.2 Å². The van der Waals surface area contributed by atoms with Gasteiger partial charge in [0, 0.05) is 7.11 Å². The average Bonchev–Trinajstić information content (AvgIpc) is 2.72. The van der Waals surface area contributed by atoms with Crippen LogP contribution in [0.4, 0.5) is 0 Å². The number of carbonyl (C=O) groups excluding carboxylic acids is 1. The number of aryl methyl sites for hydroxylation is 1. The Morgan fingerprint density at radius 1 is 0.885 bits per heavy atom. The third kappa shape index (κ3) is 14.4. The number of benzene rings is 2. The molecule has 0 radical (unpaired) electrons. The molecule has 2 aromatic rings. The zero-order chi connectivity index (χ0) is 20.0. The summed E-state index contributed by atoms with van der Waals surface area (Å²) in [7, 11) is 4.42. The predicted octanol–water partition coefficient (Wildman–Crippen LogP) is 4.71. The van der Waals surface area contributed by atoms with Crippen LogP contribution in [0.2, 0.25) is 0 Å². The van der Waals surface area contributed by atoms with Gasteiger partial charge in [-0.3, -0.25) is 0 Å². The highest BCUT2D eigenvalue weighted by atomic mass is 31.1. The summed E-state index contributed by atoms with van der Waals surface area (Å²) in [4.78, 5) is 8.00. The maximum atomic E-state index is 8.00. The number of hydrogen-bond acceptors (Lipinski definition) is 4. The number of methoxy groups -OCH3 is 2. The molecular formula is C21H33O4P. The van der Waals surface area contributed by atoms with Crippen molar-refractivity contribution >= 4 is 15.4 Å². The predicted molar refractivity (Wildman–Crippen MR) is 113 cm³/mol. The van der Waals surface area contributed by atoms with E-state index in [2.05, 4.69) is 26.3 Å². The second-order valence-corrected chi connectivity index (χ2v) is 5.82. The van der Waals surface area contributed by atoms with Gasteiger partial charge >= 0.3 is 0 Å². The lowest BCUT2D eigenvalue weighted by Crippen LogP contribution is -2.05. The van der Waals surface area contributed by atoms with Crippen LogP contribution in [0.15, 0.2) is 54.6 Å². The van der Waals surface area contributed by atoms with E-state index in [1.807, 2.05) is 55.3 Å². The Kier molecular flexibility index (Phi) is 21.4. The zero-order valence-corrected chi connectivity index (χ0v) is 17.7. The van der Waals surface area contributed by atoms with Crippen LogP contribution < -0.4 is 9.47 Å². The first-order chi connectivity index (χ1) is 12.7. The first-order valence-electron chi connectivity index (χ1n) is 8.39. The van der Waals surface area contributed by atoms with Crippen molar-refractivity contribution < 1.29 is 19.0 Å². The van der Waals surface area contributed by atoms with Crippen LogP contribution in [-0.4, -0.2) is 47.6 Å². The molecular weight excluding hydrogens is 347 g/mol. The summed E-state index contributed by atoms with van der Waals surface area (Å²) in [5.74, 6) is 1.88. The number of para-hydroxylation sites is 2. The molecule has 2 rings (SSSR count). The molecule has 0 atom stereocenters. The van der Waals surface area contributed by atoms with Gasteiger partial charge in [0.05, 0.1) is 13.7 Å². The van der Waals surface area contributed by atoms with E-state index in [1.165, 1.54) is 5.56 Å². The lowest BCUT2D eigenvalue weighted by Gasteiger charge is -2.09. The number of hydrogen-bond donors (Lipinski definition) is 0. The van der Waals surface area contributed by atoms with Gasteiger partial charge in [0.25, 0.3) is 0 Å². The van der Waals surface area contributed by atoms with Gasteiger partial charge in [0.15, 0.2) is 0 Å². The van der Waals surface area contributed by atoms with Crippen molar-refractivity contribution in [1.29, 1.82) is 0 Å². The maximum absolute atomic E-state index is 8.00. The molecule has 2 aromatic carbocycles. The molecule has 0 aliphatic heterocycles. The summed E-state index contributed by atoms with van der Waals surface area (Å²) in [5, 5.41) is 0. The second-order valence-electron chi connectivity index (χ2n) is 4.82. The van der Waals surface area contributed by atoms with Crippen molar-refractivity contribution in [2.24, 2.45) is 0 Å². The Labute approximate surface area is 160 Å². The fourth-order valence-electron chi connectivity index (χ4n) is 1.73. The Balaban J connectivity index is 0. The fourth-order valence-corrected chi connectivity index (χ4v) is 1.73. The zero-order valence-electron chi connectivity index (χ0n) is 16.7. The van der Waals surface area contributed by atoms with E-state index in [0.717, 1.165) is 26.5 Å². The van der Waals surface area contributed by atoms with Crippen LogP contribution >= 0.6 is 8.58 Å². The third-order valence-electron chi connectivity index (χ3n) is 2.88. The van der Waals surface area contributed by atoms with Crippen LogP contribution in [0.25, 0.3) is 0 Å². The van der Waals surface area contributed by atoms with Crippen LogP contribution in [-0.2, 0) is 16.0 Å². The molecule has 0 N–H and O–H groups in total. The highest BCUT2D eigenvalue weighted by molar-refractivity contribution is 7.35. The van der Waals surface area contributed by atoms with Crippen molar-refractivity contribution in [3.8, 4) is 11.5 Å². The van der Waals surface area contributed by atoms with E-state index in [4.69, 9.17) is 19.0 Å². The van der Waals surface area contributed by atoms with Crippen LogP contribution in [0.1, 0.15) is 12.5 Å². The Hall–Kier alpha value is -1.90. The summed E-state index contributed by atoms with van der Waals surface area (Å²) in [6.45, 7) is 9.68. The topological polar surface area (TPSA) is 44.8 Å². The lowest BCUT2D eigenvalue weighted by molar-refractivity contribution is -0.0979. The van der Waals surface area contributed by atoms with Crippen LogP contribution in [0.3, 0.4) is 0 Å². The minimum absolute atomic E-state index is 0.619. The molecule has 0 fully saturated rings. The largest absolute Gasteiger partial charge is 0.497 e. The minimum atomic E-state index is 0.619. The van der Waals surface area contributed by atoms with Gasteiger partial charge < -0.3 is 19.0 Å². The summed E-state index contributed by atoms with van der Waals surface area (Å²) in [5.41, 5.74) is 1.25. The van der Waals surface area contributed by atoms with Gasteiger partial charge in [0.2, 0.25) is 0 Å². The summed E-state index contributed by atoms with van der Waals surface area (Å²) < 4.78 is 15.4. The van der Waals surface area contributed by atoms with Gasteiger partial charge in [-0.2, -0.15) is 0 Å². The molecule has 0 saturated carbocycles. The van der Waals surface area contributed by atoms with E-state index in [9.17, 15) is 0 Å². The standard InChI is InChI=1S/C11H16O2.C7H8O.C2H7P.CH2O/c1-3-10-6-4-5-7-11(10)13-9-8-12-2;1-8-7-5-3-2-4-6-7;1-3-2;1-2/h4-7H,3,8-9H2,1-2H3;2-6H,1H3;3H,1-2H3;1H2. The van der Waals surface area contributed by atoms with E-state index >= 15 is 0 Å². The summed E-state index contributed by atoms with van der Waals surface area (Å²) in [6, 6.07) is 17.8. The molecule has 5 heteroatoms. The fraction of sp³-hybridized carbons (Fsp3) is 0.381. The normalized spacial score (nSPS) is 8.50. The molecule has 0 aliphatic rings. The van der Waals surface area contributed by atoms with E-state index in [-0.39, 0.29) is 0 Å². The molecule has 4 nitrogen and oxygen atoms in total. The number of ether oxygens (including phenoxy) is 3. The molecule has 0 bridgehead atoms. The van der Waals surface area contributed by atoms with Gasteiger partial charge in [0.1, 0.15) is 24.9 Å². The molecule has 26 heavy (non-hydrogen) atoms. The third-order valence-corrected chi connectivity index (χ3v) is 2.88. The van der Waals surface area contributed by atoms with Crippen molar-refractivity contribution in [3.63, 3.8) is 0 Å². The van der Waals surface area contributed by atoms with E-state index in [1.54, 1.807) is 14.2 Å². The van der Waals surface area contributed by atoms with E-state index < -0.39 is 0 Å². The Morgan fingerprint density at radius 3 is 1.88 bits per heavy atom. The van der Waals surface area contributed by atoms with Crippen LogP contribution in [0, 0.1) is 0 Å². The Morgan fingerprint density at radius 2 is 1.42 bits per heavy atom. The summed E-state index contributed by atoms with van der Waals surface area (Å²) in [6.07, 6.45) is 1.00. The average molecular weight is 380 g/mol. The van der Waals surface area contributed by atoms with Crippen molar-refractivity contribution in [2.75, 3.05) is 40.8 Å². The minimum Gasteiger partial charge on any atom is -0.497 e. The maximum Gasteiger partial charge on any atom is 0.122 e. The monoisotopic (exact) mass is 380 g/mol. The molecule has 0 aliphatic carbocycles. The summed E-state index contributed by atoms with van der Waals surface area (Å²) >= 11 is 0.